The van der Waals surface area contributed by atoms with Crippen LogP contribution in [0.3, 0.4) is 0 Å². The van der Waals surface area contributed by atoms with Crippen molar-refractivity contribution in [2.75, 3.05) is 11.9 Å². The summed E-state index contributed by atoms with van der Waals surface area (Å²) in [5, 5.41) is 6.30. The van der Waals surface area contributed by atoms with E-state index in [1.54, 1.807) is 25.1 Å². The van der Waals surface area contributed by atoms with Crippen LogP contribution in [-0.2, 0) is 4.79 Å². The van der Waals surface area contributed by atoms with Gasteiger partial charge in [0.15, 0.2) is 11.6 Å². The number of benzene rings is 2. The van der Waals surface area contributed by atoms with Crippen LogP contribution >= 0.6 is 11.6 Å². The number of rotatable bonds is 5. The summed E-state index contributed by atoms with van der Waals surface area (Å²) in [5.74, 6) is -2.05. The van der Waals surface area contributed by atoms with Gasteiger partial charge in [0.2, 0.25) is 5.91 Å². The topological polar surface area (TPSA) is 41.1 Å². The molecular formula is C17H17ClF2N2O. The van der Waals surface area contributed by atoms with Crippen molar-refractivity contribution in [3.8, 4) is 0 Å². The lowest BCUT2D eigenvalue weighted by Crippen LogP contribution is -2.30. The molecule has 3 nitrogen and oxygen atoms in total. The molecule has 0 unspecified atom stereocenters. The molecule has 2 aromatic carbocycles. The Hall–Kier alpha value is -1.98. The highest BCUT2D eigenvalue weighted by atomic mass is 35.5. The van der Waals surface area contributed by atoms with Crippen molar-refractivity contribution in [1.82, 2.24) is 5.32 Å². The zero-order chi connectivity index (χ0) is 17.0. The van der Waals surface area contributed by atoms with Gasteiger partial charge in [-0.2, -0.15) is 0 Å². The third-order valence-electron chi connectivity index (χ3n) is 3.55. The summed E-state index contributed by atoms with van der Waals surface area (Å²) < 4.78 is 26.1. The van der Waals surface area contributed by atoms with Crippen molar-refractivity contribution in [3.05, 3.63) is 64.2 Å². The van der Waals surface area contributed by atoms with E-state index < -0.39 is 11.6 Å². The smallest absolute Gasteiger partial charge is 0.238 e. The second-order valence-electron chi connectivity index (χ2n) is 5.24. The first-order chi connectivity index (χ1) is 10.9. The van der Waals surface area contributed by atoms with E-state index in [0.29, 0.717) is 16.3 Å². The fraction of sp³-hybridized carbons (Fsp3) is 0.235. The second-order valence-corrected chi connectivity index (χ2v) is 5.64. The molecule has 0 aliphatic heterocycles. The van der Waals surface area contributed by atoms with Crippen LogP contribution in [0.1, 0.15) is 24.1 Å². The number of amides is 1. The quantitative estimate of drug-likeness (QED) is 0.857. The van der Waals surface area contributed by atoms with Crippen LogP contribution in [-0.4, -0.2) is 12.5 Å². The summed E-state index contributed by atoms with van der Waals surface area (Å²) in [4.78, 5) is 12.0. The molecule has 0 radical (unpaired) electrons. The Kier molecular flexibility index (Phi) is 5.69. The molecular weight excluding hydrogens is 322 g/mol. The van der Waals surface area contributed by atoms with E-state index in [-0.39, 0.29) is 18.5 Å². The van der Waals surface area contributed by atoms with Crippen molar-refractivity contribution >= 4 is 23.2 Å². The molecule has 0 aliphatic rings. The van der Waals surface area contributed by atoms with Gasteiger partial charge in [0.05, 0.1) is 6.54 Å². The highest BCUT2D eigenvalue weighted by molar-refractivity contribution is 6.31. The molecule has 1 atom stereocenters. The zero-order valence-corrected chi connectivity index (χ0v) is 13.5. The number of carbonyl (C=O) groups excluding carboxylic acids is 1. The first-order valence-corrected chi connectivity index (χ1v) is 7.49. The molecule has 0 aromatic heterocycles. The largest absolute Gasteiger partial charge is 0.325 e. The van der Waals surface area contributed by atoms with Crippen LogP contribution in [0.15, 0.2) is 36.4 Å². The van der Waals surface area contributed by atoms with E-state index in [1.165, 1.54) is 6.07 Å². The Morgan fingerprint density at radius 1 is 1.22 bits per heavy atom. The van der Waals surface area contributed by atoms with Gasteiger partial charge < -0.3 is 10.6 Å². The lowest BCUT2D eigenvalue weighted by Gasteiger charge is -2.15. The molecule has 23 heavy (non-hydrogen) atoms. The third-order valence-corrected chi connectivity index (χ3v) is 3.96. The van der Waals surface area contributed by atoms with E-state index in [4.69, 9.17) is 11.6 Å². The molecule has 6 heteroatoms. The van der Waals surface area contributed by atoms with Crippen molar-refractivity contribution in [3.63, 3.8) is 0 Å². The van der Waals surface area contributed by atoms with Gasteiger partial charge in [0, 0.05) is 16.8 Å². The van der Waals surface area contributed by atoms with Gasteiger partial charge in [-0.15, -0.1) is 0 Å². The minimum atomic E-state index is -0.907. The van der Waals surface area contributed by atoms with Crippen molar-refractivity contribution < 1.29 is 13.6 Å². The summed E-state index contributed by atoms with van der Waals surface area (Å²) in [5.41, 5.74) is 2.00. The minimum absolute atomic E-state index is 0.0338. The van der Waals surface area contributed by atoms with Gasteiger partial charge in [-0.3, -0.25) is 4.79 Å². The van der Waals surface area contributed by atoms with Crippen molar-refractivity contribution in [2.45, 2.75) is 19.9 Å². The number of halogens is 3. The Morgan fingerprint density at radius 2 is 1.96 bits per heavy atom. The summed E-state index contributed by atoms with van der Waals surface area (Å²) >= 11 is 6.00. The first-order valence-electron chi connectivity index (χ1n) is 7.11. The maximum Gasteiger partial charge on any atom is 0.238 e. The standard InChI is InChI=1S/C17H17ClF2N2O/c1-10-13(18)4-3-5-16(10)22-17(23)9-21-11(2)12-6-7-14(19)15(20)8-12/h3-8,11,21H,9H2,1-2H3,(H,22,23)/t11-/m1/s1. The van der Waals surface area contributed by atoms with Crippen molar-refractivity contribution in [2.24, 2.45) is 0 Å². The fourth-order valence-electron chi connectivity index (χ4n) is 2.08. The number of carbonyl (C=O) groups is 1. The van der Waals surface area contributed by atoms with E-state index >= 15 is 0 Å². The summed E-state index contributed by atoms with van der Waals surface area (Å²) in [6, 6.07) is 8.63. The number of hydrogen-bond acceptors (Lipinski definition) is 2. The average Bonchev–Trinajstić information content (AvgIpc) is 2.52. The first kappa shape index (κ1) is 17.4. The number of nitrogens with one attached hydrogen (secondary N) is 2. The molecule has 2 aromatic rings. The average molecular weight is 339 g/mol. The van der Waals surface area contributed by atoms with Crippen LogP contribution in [0.25, 0.3) is 0 Å². The lowest BCUT2D eigenvalue weighted by atomic mass is 10.1. The van der Waals surface area contributed by atoms with Crippen molar-refractivity contribution in [1.29, 1.82) is 0 Å². The van der Waals surface area contributed by atoms with Gasteiger partial charge in [-0.1, -0.05) is 23.7 Å². The lowest BCUT2D eigenvalue weighted by molar-refractivity contribution is -0.115. The molecule has 0 aliphatic carbocycles. The fourth-order valence-corrected chi connectivity index (χ4v) is 2.26. The van der Waals surface area contributed by atoms with Gasteiger partial charge >= 0.3 is 0 Å². The Balaban J connectivity index is 1.93. The number of hydrogen-bond donors (Lipinski definition) is 2. The minimum Gasteiger partial charge on any atom is -0.325 e. The molecule has 0 saturated heterocycles. The zero-order valence-electron chi connectivity index (χ0n) is 12.8. The highest BCUT2D eigenvalue weighted by Crippen LogP contribution is 2.22. The monoisotopic (exact) mass is 338 g/mol. The van der Waals surface area contributed by atoms with E-state index in [0.717, 1.165) is 17.7 Å². The molecule has 2 rings (SSSR count). The maximum absolute atomic E-state index is 13.2. The number of anilines is 1. The van der Waals surface area contributed by atoms with Crippen LogP contribution in [0, 0.1) is 18.6 Å². The Bertz CT molecular complexity index is 722. The maximum atomic E-state index is 13.2. The SMILES string of the molecule is Cc1c(Cl)cccc1NC(=O)CN[C@H](C)c1ccc(F)c(F)c1. The van der Waals surface area contributed by atoms with E-state index in [2.05, 4.69) is 10.6 Å². The third kappa shape index (κ3) is 4.50. The normalized spacial score (nSPS) is 12.0. The molecule has 1 amide bonds. The van der Waals surface area contributed by atoms with E-state index in [9.17, 15) is 13.6 Å². The molecule has 0 spiro atoms. The molecule has 0 saturated carbocycles. The van der Waals surface area contributed by atoms with E-state index in [1.807, 2.05) is 6.92 Å². The molecule has 2 N–H and O–H groups in total. The van der Waals surface area contributed by atoms with Gasteiger partial charge in [-0.05, 0) is 49.2 Å². The summed E-state index contributed by atoms with van der Waals surface area (Å²) in [6.45, 7) is 3.62. The summed E-state index contributed by atoms with van der Waals surface area (Å²) in [6.07, 6.45) is 0. The molecule has 0 fully saturated rings. The molecule has 0 bridgehead atoms. The second kappa shape index (κ2) is 7.53. The van der Waals surface area contributed by atoms with Crippen LogP contribution in [0.2, 0.25) is 5.02 Å². The van der Waals surface area contributed by atoms with Crippen LogP contribution in [0.5, 0.6) is 0 Å². The predicted octanol–water partition coefficient (Wildman–Crippen LogP) is 4.22. The predicted molar refractivity (Wildman–Crippen MR) is 87.6 cm³/mol. The van der Waals surface area contributed by atoms with Crippen LogP contribution in [0.4, 0.5) is 14.5 Å². The van der Waals surface area contributed by atoms with Gasteiger partial charge in [0.25, 0.3) is 0 Å². The van der Waals surface area contributed by atoms with Gasteiger partial charge in [-0.25, -0.2) is 8.78 Å². The van der Waals surface area contributed by atoms with Gasteiger partial charge in [0.1, 0.15) is 0 Å². The molecule has 122 valence electrons. The highest BCUT2D eigenvalue weighted by Gasteiger charge is 2.11. The summed E-state index contributed by atoms with van der Waals surface area (Å²) in [7, 11) is 0. The van der Waals surface area contributed by atoms with Crippen LogP contribution < -0.4 is 10.6 Å². The Morgan fingerprint density at radius 3 is 2.65 bits per heavy atom. The Labute approximate surface area is 138 Å². The molecule has 0 heterocycles.